The summed E-state index contributed by atoms with van der Waals surface area (Å²) in [6.07, 6.45) is 0. The first-order valence-corrected chi connectivity index (χ1v) is 7.37. The fraction of sp³-hybridized carbons (Fsp3) is 0.133. The van der Waals surface area contributed by atoms with Gasteiger partial charge < -0.3 is 4.74 Å². The van der Waals surface area contributed by atoms with Crippen LogP contribution >= 0.6 is 22.9 Å². The molecular weight excluding hydrogens is 278 g/mol. The molecule has 2 nitrogen and oxygen atoms in total. The van der Waals surface area contributed by atoms with E-state index in [1.165, 1.54) is 4.70 Å². The van der Waals surface area contributed by atoms with Crippen molar-refractivity contribution in [2.75, 3.05) is 12.5 Å². The van der Waals surface area contributed by atoms with E-state index < -0.39 is 0 Å². The Labute approximate surface area is 120 Å². The number of aromatic nitrogens is 1. The van der Waals surface area contributed by atoms with Crippen molar-refractivity contribution >= 4 is 33.2 Å². The highest BCUT2D eigenvalue weighted by atomic mass is 35.5. The van der Waals surface area contributed by atoms with Crippen molar-refractivity contribution in [3.63, 3.8) is 0 Å². The van der Waals surface area contributed by atoms with Gasteiger partial charge in [0.05, 0.1) is 16.1 Å². The summed E-state index contributed by atoms with van der Waals surface area (Å²) in [5, 5.41) is 1.03. The lowest BCUT2D eigenvalue weighted by Crippen LogP contribution is -1.97. The van der Waals surface area contributed by atoms with E-state index in [-0.39, 0.29) is 0 Å². The molecule has 0 aliphatic heterocycles. The van der Waals surface area contributed by atoms with Gasteiger partial charge in [0.2, 0.25) is 0 Å². The van der Waals surface area contributed by atoms with E-state index >= 15 is 0 Å². The molecule has 0 amide bonds. The van der Waals surface area contributed by atoms with Crippen molar-refractivity contribution < 1.29 is 4.74 Å². The molecule has 3 rings (SSSR count). The van der Waals surface area contributed by atoms with Crippen molar-refractivity contribution in [1.82, 2.24) is 4.98 Å². The Kier molecular flexibility index (Phi) is 3.67. The van der Waals surface area contributed by atoms with Gasteiger partial charge in [0.1, 0.15) is 17.4 Å². The zero-order chi connectivity index (χ0) is 13.1. The number of para-hydroxylation sites is 1. The topological polar surface area (TPSA) is 22.1 Å². The Morgan fingerprint density at radius 2 is 1.84 bits per heavy atom. The molecule has 96 valence electrons. The molecule has 0 N–H and O–H groups in total. The highest BCUT2D eigenvalue weighted by Gasteiger charge is 2.05. The average molecular weight is 290 g/mol. The summed E-state index contributed by atoms with van der Waals surface area (Å²) in [5.41, 5.74) is 2.16. The third-order valence-electron chi connectivity index (χ3n) is 2.74. The molecule has 0 aliphatic carbocycles. The lowest BCUT2D eigenvalue weighted by molar-refractivity contribution is 0.343. The molecule has 0 atom stereocenters. The molecule has 1 aromatic heterocycles. The average Bonchev–Trinajstić information content (AvgIpc) is 2.89. The maximum atomic E-state index is 5.59. The lowest BCUT2D eigenvalue weighted by Gasteiger charge is -2.03. The number of halogens is 1. The van der Waals surface area contributed by atoms with Crippen LogP contribution in [0, 0.1) is 0 Å². The Hall–Kier alpha value is -1.58. The summed E-state index contributed by atoms with van der Waals surface area (Å²) in [5.74, 6) is 1.34. The largest absolute Gasteiger partial charge is 0.492 e. The highest BCUT2D eigenvalue weighted by Crippen LogP contribution is 2.30. The number of hydrogen-bond donors (Lipinski definition) is 0. The Bertz CT molecular complexity index is 645. The first-order chi connectivity index (χ1) is 9.36. The Balaban J connectivity index is 1.88. The number of benzene rings is 2. The van der Waals surface area contributed by atoms with Gasteiger partial charge in [-0.2, -0.15) is 0 Å². The van der Waals surface area contributed by atoms with Gasteiger partial charge in [-0.1, -0.05) is 12.1 Å². The standard InChI is InChI=1S/C15H12ClNOS/c16-9-10-18-12-7-5-11(6-8-12)15-17-13-3-1-2-4-14(13)19-15/h1-8H,9-10H2. The van der Waals surface area contributed by atoms with Crippen molar-refractivity contribution in [3.05, 3.63) is 48.5 Å². The summed E-state index contributed by atoms with van der Waals surface area (Å²) in [7, 11) is 0. The van der Waals surface area contributed by atoms with Gasteiger partial charge in [0.25, 0.3) is 0 Å². The molecule has 2 aromatic carbocycles. The molecule has 0 radical (unpaired) electrons. The number of alkyl halides is 1. The van der Waals surface area contributed by atoms with Crippen LogP contribution in [0.3, 0.4) is 0 Å². The number of rotatable bonds is 4. The van der Waals surface area contributed by atoms with Gasteiger partial charge in [-0.3, -0.25) is 0 Å². The summed E-state index contributed by atoms with van der Waals surface area (Å²) in [6.45, 7) is 0.530. The molecule has 0 bridgehead atoms. The highest BCUT2D eigenvalue weighted by molar-refractivity contribution is 7.21. The molecular formula is C15H12ClNOS. The molecule has 4 heteroatoms. The van der Waals surface area contributed by atoms with E-state index in [1.54, 1.807) is 11.3 Å². The molecule has 0 saturated heterocycles. The molecule has 0 aliphatic rings. The van der Waals surface area contributed by atoms with Crippen LogP contribution in [0.25, 0.3) is 20.8 Å². The quantitative estimate of drug-likeness (QED) is 0.656. The van der Waals surface area contributed by atoms with Gasteiger partial charge in [0.15, 0.2) is 0 Å². The zero-order valence-electron chi connectivity index (χ0n) is 10.2. The van der Waals surface area contributed by atoms with E-state index in [4.69, 9.17) is 16.3 Å². The van der Waals surface area contributed by atoms with Crippen molar-refractivity contribution in [1.29, 1.82) is 0 Å². The minimum atomic E-state index is 0.500. The van der Waals surface area contributed by atoms with E-state index in [2.05, 4.69) is 11.1 Å². The maximum absolute atomic E-state index is 5.59. The molecule has 1 heterocycles. The molecule has 0 spiro atoms. The number of thiazole rings is 1. The monoisotopic (exact) mass is 289 g/mol. The SMILES string of the molecule is ClCCOc1ccc(-c2nc3ccccc3s2)cc1. The summed E-state index contributed by atoms with van der Waals surface area (Å²) < 4.78 is 6.66. The molecule has 19 heavy (non-hydrogen) atoms. The van der Waals surface area contributed by atoms with Crippen LogP contribution in [0.4, 0.5) is 0 Å². The fourth-order valence-electron chi connectivity index (χ4n) is 1.85. The predicted molar refractivity (Wildman–Crippen MR) is 81.3 cm³/mol. The van der Waals surface area contributed by atoms with Crippen LogP contribution in [0.2, 0.25) is 0 Å². The molecule has 0 saturated carbocycles. The second-order valence-corrected chi connectivity index (χ2v) is 5.46. The van der Waals surface area contributed by atoms with Crippen molar-refractivity contribution in [3.8, 4) is 16.3 Å². The van der Waals surface area contributed by atoms with Crippen LogP contribution in [-0.2, 0) is 0 Å². The first-order valence-electron chi connectivity index (χ1n) is 6.01. The predicted octanol–water partition coefficient (Wildman–Crippen LogP) is 4.58. The number of ether oxygens (including phenoxy) is 1. The van der Waals surface area contributed by atoms with Crippen LogP contribution in [0.15, 0.2) is 48.5 Å². The minimum Gasteiger partial charge on any atom is -0.492 e. The molecule has 0 fully saturated rings. The van der Waals surface area contributed by atoms with Gasteiger partial charge in [0, 0.05) is 5.56 Å². The first kappa shape index (κ1) is 12.5. The van der Waals surface area contributed by atoms with Crippen LogP contribution in [0.5, 0.6) is 5.75 Å². The van der Waals surface area contributed by atoms with E-state index in [1.807, 2.05) is 42.5 Å². The summed E-state index contributed by atoms with van der Waals surface area (Å²) in [6, 6.07) is 16.1. The van der Waals surface area contributed by atoms with E-state index in [0.717, 1.165) is 21.8 Å². The normalized spacial score (nSPS) is 10.8. The molecule has 0 unspecified atom stereocenters. The third kappa shape index (κ3) is 2.72. The van der Waals surface area contributed by atoms with Gasteiger partial charge in [-0.25, -0.2) is 4.98 Å². The third-order valence-corrected chi connectivity index (χ3v) is 3.98. The van der Waals surface area contributed by atoms with Gasteiger partial charge >= 0.3 is 0 Å². The Morgan fingerprint density at radius 1 is 1.05 bits per heavy atom. The Morgan fingerprint density at radius 3 is 2.58 bits per heavy atom. The summed E-state index contributed by atoms with van der Waals surface area (Å²) in [4.78, 5) is 4.63. The van der Waals surface area contributed by atoms with Gasteiger partial charge in [-0.05, 0) is 36.4 Å². The zero-order valence-corrected chi connectivity index (χ0v) is 11.7. The second kappa shape index (κ2) is 5.59. The second-order valence-electron chi connectivity index (χ2n) is 4.05. The number of hydrogen-bond acceptors (Lipinski definition) is 3. The maximum Gasteiger partial charge on any atom is 0.124 e. The lowest BCUT2D eigenvalue weighted by atomic mass is 10.2. The fourth-order valence-corrected chi connectivity index (χ4v) is 2.89. The van der Waals surface area contributed by atoms with Crippen LogP contribution in [0.1, 0.15) is 0 Å². The number of fused-ring (bicyclic) bond motifs is 1. The van der Waals surface area contributed by atoms with Crippen LogP contribution in [-0.4, -0.2) is 17.5 Å². The van der Waals surface area contributed by atoms with E-state index in [9.17, 15) is 0 Å². The van der Waals surface area contributed by atoms with Crippen molar-refractivity contribution in [2.45, 2.75) is 0 Å². The minimum absolute atomic E-state index is 0.500. The van der Waals surface area contributed by atoms with Crippen molar-refractivity contribution in [2.24, 2.45) is 0 Å². The summed E-state index contributed by atoms with van der Waals surface area (Å²) >= 11 is 7.29. The number of nitrogens with zero attached hydrogens (tertiary/aromatic N) is 1. The van der Waals surface area contributed by atoms with Gasteiger partial charge in [-0.15, -0.1) is 22.9 Å². The van der Waals surface area contributed by atoms with Crippen LogP contribution < -0.4 is 4.74 Å². The molecule has 3 aromatic rings. The van der Waals surface area contributed by atoms with E-state index in [0.29, 0.717) is 12.5 Å². The smallest absolute Gasteiger partial charge is 0.124 e.